The SMILES string of the molecule is O=S(=O)(CCc1ccccc1)N1CCc2ccccc2C1c1cccnc1. The topological polar surface area (TPSA) is 50.3 Å². The van der Waals surface area contributed by atoms with Crippen molar-refractivity contribution in [3.05, 3.63) is 101 Å². The Kier molecular flexibility index (Phi) is 5.05. The van der Waals surface area contributed by atoms with Gasteiger partial charge >= 0.3 is 0 Å². The fourth-order valence-corrected chi connectivity index (χ4v) is 5.39. The minimum absolute atomic E-state index is 0.107. The van der Waals surface area contributed by atoms with Crippen LogP contribution in [0.4, 0.5) is 0 Å². The number of aromatic nitrogens is 1. The largest absolute Gasteiger partial charge is 0.264 e. The summed E-state index contributed by atoms with van der Waals surface area (Å²) in [4.78, 5) is 4.22. The van der Waals surface area contributed by atoms with E-state index in [1.807, 2.05) is 60.7 Å². The lowest BCUT2D eigenvalue weighted by Gasteiger charge is -2.36. The molecule has 4 rings (SSSR count). The molecule has 0 amide bonds. The highest BCUT2D eigenvalue weighted by molar-refractivity contribution is 7.89. The van der Waals surface area contributed by atoms with Crippen LogP contribution in [-0.2, 0) is 22.9 Å². The van der Waals surface area contributed by atoms with E-state index in [1.165, 1.54) is 5.56 Å². The van der Waals surface area contributed by atoms with E-state index in [0.717, 1.165) is 23.1 Å². The van der Waals surface area contributed by atoms with Crippen molar-refractivity contribution in [1.82, 2.24) is 9.29 Å². The van der Waals surface area contributed by atoms with E-state index in [4.69, 9.17) is 0 Å². The van der Waals surface area contributed by atoms with Gasteiger partial charge in [-0.05, 0) is 41.2 Å². The lowest BCUT2D eigenvalue weighted by Crippen LogP contribution is -2.42. The van der Waals surface area contributed by atoms with Gasteiger partial charge in [-0.25, -0.2) is 8.42 Å². The molecule has 0 spiro atoms. The number of rotatable bonds is 5. The van der Waals surface area contributed by atoms with E-state index in [0.29, 0.717) is 13.0 Å². The summed E-state index contributed by atoms with van der Waals surface area (Å²) in [5.74, 6) is 0.107. The number of aryl methyl sites for hydroxylation is 1. The van der Waals surface area contributed by atoms with Crippen molar-refractivity contribution in [3.63, 3.8) is 0 Å². The van der Waals surface area contributed by atoms with Crippen LogP contribution in [0.5, 0.6) is 0 Å². The van der Waals surface area contributed by atoms with Gasteiger partial charge in [-0.2, -0.15) is 4.31 Å². The molecule has 1 aromatic heterocycles. The fraction of sp³-hybridized carbons (Fsp3) is 0.227. The molecule has 0 saturated carbocycles. The fourth-order valence-electron chi connectivity index (χ4n) is 3.74. The zero-order chi connectivity index (χ0) is 18.7. The molecule has 5 heteroatoms. The maximum absolute atomic E-state index is 13.3. The van der Waals surface area contributed by atoms with Gasteiger partial charge in [-0.3, -0.25) is 4.98 Å². The quantitative estimate of drug-likeness (QED) is 0.682. The summed E-state index contributed by atoms with van der Waals surface area (Å²) in [5.41, 5.74) is 4.21. The number of hydrogen-bond donors (Lipinski definition) is 0. The molecular formula is C22H22N2O2S. The molecule has 0 N–H and O–H groups in total. The van der Waals surface area contributed by atoms with Crippen molar-refractivity contribution in [2.24, 2.45) is 0 Å². The molecule has 2 aromatic carbocycles. The molecule has 1 unspecified atom stereocenters. The smallest absolute Gasteiger partial charge is 0.215 e. The van der Waals surface area contributed by atoms with Gasteiger partial charge < -0.3 is 0 Å². The third-order valence-electron chi connectivity index (χ3n) is 5.09. The van der Waals surface area contributed by atoms with Crippen LogP contribution in [-0.4, -0.2) is 30.0 Å². The highest BCUT2D eigenvalue weighted by atomic mass is 32.2. The summed E-state index contributed by atoms with van der Waals surface area (Å²) >= 11 is 0. The van der Waals surface area contributed by atoms with E-state index in [2.05, 4.69) is 11.1 Å². The first-order chi connectivity index (χ1) is 13.1. The molecule has 1 atom stereocenters. The third kappa shape index (κ3) is 3.80. The van der Waals surface area contributed by atoms with E-state index in [1.54, 1.807) is 16.7 Å². The average Bonchev–Trinajstić information content (AvgIpc) is 2.73. The number of hydrogen-bond acceptors (Lipinski definition) is 3. The van der Waals surface area contributed by atoms with Crippen molar-refractivity contribution < 1.29 is 8.42 Å². The molecule has 0 radical (unpaired) electrons. The Bertz CT molecular complexity index is 1000. The number of nitrogens with zero attached hydrogens (tertiary/aromatic N) is 2. The Morgan fingerprint density at radius 1 is 0.963 bits per heavy atom. The Balaban J connectivity index is 1.68. The molecule has 27 heavy (non-hydrogen) atoms. The molecule has 0 aliphatic carbocycles. The monoisotopic (exact) mass is 378 g/mol. The first-order valence-electron chi connectivity index (χ1n) is 9.16. The normalized spacial score (nSPS) is 17.4. The van der Waals surface area contributed by atoms with Crippen LogP contribution in [0.2, 0.25) is 0 Å². The Morgan fingerprint density at radius 3 is 2.52 bits per heavy atom. The molecule has 138 valence electrons. The molecular weight excluding hydrogens is 356 g/mol. The van der Waals surface area contributed by atoms with Crippen molar-refractivity contribution in [2.45, 2.75) is 18.9 Å². The Morgan fingerprint density at radius 2 is 1.74 bits per heavy atom. The predicted molar refractivity (Wildman–Crippen MR) is 107 cm³/mol. The van der Waals surface area contributed by atoms with E-state index >= 15 is 0 Å². The van der Waals surface area contributed by atoms with Crippen molar-refractivity contribution in [1.29, 1.82) is 0 Å². The maximum Gasteiger partial charge on any atom is 0.215 e. The van der Waals surface area contributed by atoms with Crippen LogP contribution in [0, 0.1) is 0 Å². The van der Waals surface area contributed by atoms with Gasteiger partial charge in [0.15, 0.2) is 0 Å². The van der Waals surface area contributed by atoms with Crippen LogP contribution in [0.25, 0.3) is 0 Å². The second kappa shape index (κ2) is 7.62. The summed E-state index contributed by atoms with van der Waals surface area (Å²) in [6, 6.07) is 21.4. The molecule has 1 aliphatic heterocycles. The van der Waals surface area contributed by atoms with Crippen molar-refractivity contribution in [3.8, 4) is 0 Å². The predicted octanol–water partition coefficient (Wildman–Crippen LogP) is 3.60. The molecule has 0 bridgehead atoms. The highest BCUT2D eigenvalue weighted by Crippen LogP contribution is 2.36. The van der Waals surface area contributed by atoms with E-state index < -0.39 is 10.0 Å². The van der Waals surface area contributed by atoms with Crippen molar-refractivity contribution >= 4 is 10.0 Å². The molecule has 1 aliphatic rings. The second-order valence-electron chi connectivity index (χ2n) is 6.80. The standard InChI is InChI=1S/C22H22N2O2S/c25-27(26,16-13-18-7-2-1-3-8-18)24-15-12-19-9-4-5-11-21(19)22(24)20-10-6-14-23-17-20/h1-11,14,17,22H,12-13,15-16H2. The highest BCUT2D eigenvalue weighted by Gasteiger charge is 2.36. The number of pyridine rings is 1. The van der Waals surface area contributed by atoms with Gasteiger partial charge in [0.1, 0.15) is 0 Å². The molecule has 2 heterocycles. The lowest BCUT2D eigenvalue weighted by atomic mass is 9.91. The van der Waals surface area contributed by atoms with Crippen molar-refractivity contribution in [2.75, 3.05) is 12.3 Å². The van der Waals surface area contributed by atoms with Gasteiger partial charge in [0.05, 0.1) is 11.8 Å². The van der Waals surface area contributed by atoms with Crippen LogP contribution < -0.4 is 0 Å². The third-order valence-corrected chi connectivity index (χ3v) is 6.92. The van der Waals surface area contributed by atoms with Gasteiger partial charge in [0.2, 0.25) is 10.0 Å². The summed E-state index contributed by atoms with van der Waals surface area (Å²) in [7, 11) is -3.42. The number of sulfonamides is 1. The molecule has 4 nitrogen and oxygen atoms in total. The average molecular weight is 378 g/mol. The van der Waals surface area contributed by atoms with Gasteiger partial charge in [0.25, 0.3) is 0 Å². The van der Waals surface area contributed by atoms with Crippen LogP contribution >= 0.6 is 0 Å². The second-order valence-corrected chi connectivity index (χ2v) is 8.84. The zero-order valence-electron chi connectivity index (χ0n) is 15.0. The molecule has 0 fully saturated rings. The van der Waals surface area contributed by atoms with Crippen LogP contribution in [0.1, 0.15) is 28.3 Å². The Hall–Kier alpha value is -2.50. The molecule has 3 aromatic rings. The van der Waals surface area contributed by atoms with E-state index in [-0.39, 0.29) is 11.8 Å². The minimum Gasteiger partial charge on any atom is -0.264 e. The van der Waals surface area contributed by atoms with Gasteiger partial charge in [-0.1, -0.05) is 60.7 Å². The zero-order valence-corrected chi connectivity index (χ0v) is 15.8. The first-order valence-corrected chi connectivity index (χ1v) is 10.8. The molecule has 0 saturated heterocycles. The summed E-state index contributed by atoms with van der Waals surface area (Å²) in [5, 5.41) is 0. The maximum atomic E-state index is 13.3. The van der Waals surface area contributed by atoms with Gasteiger partial charge in [-0.15, -0.1) is 0 Å². The lowest BCUT2D eigenvalue weighted by molar-refractivity contribution is 0.343. The summed E-state index contributed by atoms with van der Waals surface area (Å²) in [6.45, 7) is 0.494. The van der Waals surface area contributed by atoms with E-state index in [9.17, 15) is 8.42 Å². The summed E-state index contributed by atoms with van der Waals surface area (Å²) < 4.78 is 28.2. The van der Waals surface area contributed by atoms with Gasteiger partial charge in [0, 0.05) is 18.9 Å². The number of benzene rings is 2. The van der Waals surface area contributed by atoms with Crippen LogP contribution in [0.3, 0.4) is 0 Å². The van der Waals surface area contributed by atoms with Crippen LogP contribution in [0.15, 0.2) is 79.1 Å². The Labute approximate surface area is 160 Å². The summed E-state index contributed by atoms with van der Waals surface area (Å²) in [6.07, 6.45) is 4.73. The minimum atomic E-state index is -3.42. The first kappa shape index (κ1) is 17.9. The number of fused-ring (bicyclic) bond motifs is 1.